The number of aliphatic hydroxyl groups is 1. The van der Waals surface area contributed by atoms with E-state index in [0.29, 0.717) is 41.7 Å². The quantitative estimate of drug-likeness (QED) is 0.526. The number of fused-ring (bicyclic) bond motifs is 1. The lowest BCUT2D eigenvalue weighted by Gasteiger charge is -2.27. The Hall–Kier alpha value is -2.32. The number of aromatic nitrogens is 2. The maximum atomic E-state index is 12.6. The van der Waals surface area contributed by atoms with Crippen molar-refractivity contribution in [2.24, 2.45) is 7.05 Å². The third-order valence-corrected chi connectivity index (χ3v) is 6.84. The van der Waals surface area contributed by atoms with Crippen LogP contribution in [0.25, 0.3) is 11.0 Å². The molecule has 33 heavy (non-hydrogen) atoms. The van der Waals surface area contributed by atoms with E-state index in [-0.39, 0.29) is 19.1 Å². The van der Waals surface area contributed by atoms with Gasteiger partial charge in [0.1, 0.15) is 18.2 Å². The van der Waals surface area contributed by atoms with Gasteiger partial charge in [-0.2, -0.15) is 0 Å². The fourth-order valence-corrected chi connectivity index (χ4v) is 4.40. The molecule has 0 bridgehead atoms. The number of imidazole rings is 1. The Balaban J connectivity index is 1.26. The van der Waals surface area contributed by atoms with Gasteiger partial charge in [0.15, 0.2) is 0 Å². The number of likely N-dealkylation sites (tertiary alicyclic amines) is 1. The fourth-order valence-electron chi connectivity index (χ4n) is 4.11. The average Bonchev–Trinajstić information content (AvgIpc) is 3.00. The van der Waals surface area contributed by atoms with Gasteiger partial charge in [-0.1, -0.05) is 35.3 Å². The number of rotatable bonds is 7. The lowest BCUT2D eigenvalue weighted by atomic mass is 9.96. The van der Waals surface area contributed by atoms with Crippen LogP contribution in [0.5, 0.6) is 5.75 Å². The largest absolute Gasteiger partial charge is 0.491 e. The molecule has 7 nitrogen and oxygen atoms in total. The number of aryl methyl sites for hydroxylation is 1. The van der Waals surface area contributed by atoms with E-state index in [1.54, 1.807) is 18.2 Å². The summed E-state index contributed by atoms with van der Waals surface area (Å²) in [6.45, 7) is 2.18. The Labute approximate surface area is 203 Å². The van der Waals surface area contributed by atoms with Gasteiger partial charge in [0.25, 0.3) is 0 Å². The number of carbonyl (C=O) groups is 1. The number of benzene rings is 2. The summed E-state index contributed by atoms with van der Waals surface area (Å²) < 4.78 is 7.78. The Kier molecular flexibility index (Phi) is 7.44. The molecular formula is C24H28Cl2N4O3. The highest BCUT2D eigenvalue weighted by atomic mass is 35.5. The van der Waals surface area contributed by atoms with Crippen molar-refractivity contribution in [1.29, 1.82) is 0 Å². The van der Waals surface area contributed by atoms with Crippen molar-refractivity contribution in [3.8, 4) is 5.75 Å². The van der Waals surface area contributed by atoms with Gasteiger partial charge in [-0.25, -0.2) is 4.98 Å². The lowest BCUT2D eigenvalue weighted by molar-refractivity contribution is -0.122. The first-order valence-electron chi connectivity index (χ1n) is 11.0. The maximum Gasteiger partial charge on any atom is 0.234 e. The standard InChI is InChI=1S/C24H28Cl2N4O3/c1-29-21-6-3-2-5-20(21)28-22(29)14-27-23(31)15-30-11-4-9-24(32,10-12-30)16-33-17-7-8-18(25)19(26)13-17/h2-3,5-8,13,32H,4,9-12,14-16H2,1H3,(H,27,31)/t24-/m1/s1. The van der Waals surface area contributed by atoms with Crippen molar-refractivity contribution in [2.75, 3.05) is 26.2 Å². The summed E-state index contributed by atoms with van der Waals surface area (Å²) in [4.78, 5) is 19.2. The normalized spacial score (nSPS) is 19.4. The molecule has 3 aromatic rings. The van der Waals surface area contributed by atoms with E-state index in [9.17, 15) is 9.90 Å². The number of hydrogen-bond donors (Lipinski definition) is 2. The van der Waals surface area contributed by atoms with Crippen molar-refractivity contribution in [2.45, 2.75) is 31.4 Å². The van der Waals surface area contributed by atoms with Crippen LogP contribution in [-0.4, -0.2) is 57.3 Å². The van der Waals surface area contributed by atoms with Gasteiger partial charge in [0.2, 0.25) is 5.91 Å². The summed E-state index contributed by atoms with van der Waals surface area (Å²) in [7, 11) is 1.95. The van der Waals surface area contributed by atoms with E-state index in [2.05, 4.69) is 15.2 Å². The molecule has 4 rings (SSSR count). The second kappa shape index (κ2) is 10.3. The molecule has 1 amide bonds. The molecule has 0 saturated carbocycles. The highest BCUT2D eigenvalue weighted by molar-refractivity contribution is 6.42. The Bertz CT molecular complexity index is 1140. The number of halogens is 2. The van der Waals surface area contributed by atoms with Gasteiger partial charge in [-0.15, -0.1) is 0 Å². The van der Waals surface area contributed by atoms with E-state index in [0.717, 1.165) is 29.8 Å². The van der Waals surface area contributed by atoms with E-state index in [4.69, 9.17) is 27.9 Å². The predicted octanol–water partition coefficient (Wildman–Crippen LogP) is 3.79. The fraction of sp³-hybridized carbons (Fsp3) is 0.417. The van der Waals surface area contributed by atoms with Crippen LogP contribution in [0.3, 0.4) is 0 Å². The predicted molar refractivity (Wildman–Crippen MR) is 130 cm³/mol. The molecule has 1 aromatic heterocycles. The van der Waals surface area contributed by atoms with Gasteiger partial charge in [-0.3, -0.25) is 9.69 Å². The topological polar surface area (TPSA) is 79.6 Å². The molecule has 1 atom stereocenters. The second-order valence-corrected chi connectivity index (χ2v) is 9.39. The van der Waals surface area contributed by atoms with Crippen molar-refractivity contribution >= 4 is 40.1 Å². The molecule has 0 aliphatic carbocycles. The Morgan fingerprint density at radius 3 is 2.79 bits per heavy atom. The monoisotopic (exact) mass is 490 g/mol. The molecule has 1 aliphatic rings. The number of nitrogens with one attached hydrogen (secondary N) is 1. The summed E-state index contributed by atoms with van der Waals surface area (Å²) in [6.07, 6.45) is 1.90. The zero-order valence-corrected chi connectivity index (χ0v) is 20.1. The summed E-state index contributed by atoms with van der Waals surface area (Å²) in [5.74, 6) is 1.33. The van der Waals surface area contributed by atoms with Gasteiger partial charge < -0.3 is 19.7 Å². The molecule has 2 heterocycles. The number of ether oxygens (including phenoxy) is 1. The molecule has 1 saturated heterocycles. The first-order chi connectivity index (χ1) is 15.8. The smallest absolute Gasteiger partial charge is 0.234 e. The lowest BCUT2D eigenvalue weighted by Crippen LogP contribution is -2.40. The minimum absolute atomic E-state index is 0.0560. The van der Waals surface area contributed by atoms with E-state index >= 15 is 0 Å². The number of amides is 1. The minimum atomic E-state index is -0.954. The number of para-hydroxylation sites is 2. The summed E-state index contributed by atoms with van der Waals surface area (Å²) in [5, 5.41) is 14.9. The molecule has 0 radical (unpaired) electrons. The molecule has 0 spiro atoms. The van der Waals surface area contributed by atoms with E-state index in [1.165, 1.54) is 0 Å². The Morgan fingerprint density at radius 1 is 1.18 bits per heavy atom. The van der Waals surface area contributed by atoms with Crippen molar-refractivity contribution in [1.82, 2.24) is 19.8 Å². The van der Waals surface area contributed by atoms with Crippen LogP contribution in [0.4, 0.5) is 0 Å². The van der Waals surface area contributed by atoms with Gasteiger partial charge >= 0.3 is 0 Å². The van der Waals surface area contributed by atoms with Crippen molar-refractivity contribution < 1.29 is 14.6 Å². The highest BCUT2D eigenvalue weighted by Gasteiger charge is 2.31. The number of hydrogen-bond acceptors (Lipinski definition) is 5. The van der Waals surface area contributed by atoms with Crippen LogP contribution in [-0.2, 0) is 18.4 Å². The first-order valence-corrected chi connectivity index (χ1v) is 11.8. The third kappa shape index (κ3) is 5.98. The molecular weight excluding hydrogens is 463 g/mol. The molecule has 1 fully saturated rings. The summed E-state index contributed by atoms with van der Waals surface area (Å²) in [6, 6.07) is 12.9. The number of nitrogens with zero attached hydrogens (tertiary/aromatic N) is 3. The van der Waals surface area contributed by atoms with Gasteiger partial charge in [0, 0.05) is 19.7 Å². The van der Waals surface area contributed by atoms with Gasteiger partial charge in [0.05, 0.1) is 39.8 Å². The van der Waals surface area contributed by atoms with Crippen LogP contribution in [0.15, 0.2) is 42.5 Å². The zero-order chi connectivity index (χ0) is 23.4. The SMILES string of the molecule is Cn1c(CNC(=O)CN2CCC[C@](O)(COc3ccc(Cl)c(Cl)c3)CC2)nc2ccccc21. The van der Waals surface area contributed by atoms with Gasteiger partial charge in [-0.05, 0) is 50.1 Å². The molecule has 0 unspecified atom stereocenters. The molecule has 176 valence electrons. The number of carbonyl (C=O) groups excluding carboxylic acids is 1. The summed E-state index contributed by atoms with van der Waals surface area (Å²) >= 11 is 12.0. The van der Waals surface area contributed by atoms with Crippen molar-refractivity contribution in [3.05, 3.63) is 58.3 Å². The third-order valence-electron chi connectivity index (χ3n) is 6.10. The summed E-state index contributed by atoms with van der Waals surface area (Å²) in [5.41, 5.74) is 1.00. The molecule has 1 aliphatic heterocycles. The zero-order valence-electron chi connectivity index (χ0n) is 18.6. The highest BCUT2D eigenvalue weighted by Crippen LogP contribution is 2.28. The second-order valence-electron chi connectivity index (χ2n) is 8.57. The molecule has 2 N–H and O–H groups in total. The van der Waals surface area contributed by atoms with E-state index in [1.807, 2.05) is 35.9 Å². The molecule has 2 aromatic carbocycles. The average molecular weight is 491 g/mol. The van der Waals surface area contributed by atoms with E-state index < -0.39 is 5.60 Å². The van der Waals surface area contributed by atoms with Crippen LogP contribution < -0.4 is 10.1 Å². The minimum Gasteiger partial charge on any atom is -0.491 e. The molecule has 9 heteroatoms. The van der Waals surface area contributed by atoms with Crippen LogP contribution in [0.1, 0.15) is 25.1 Å². The van der Waals surface area contributed by atoms with Crippen LogP contribution in [0.2, 0.25) is 10.0 Å². The van der Waals surface area contributed by atoms with Crippen molar-refractivity contribution in [3.63, 3.8) is 0 Å². The first kappa shape index (κ1) is 23.8. The van der Waals surface area contributed by atoms with Crippen LogP contribution >= 0.6 is 23.2 Å². The van der Waals surface area contributed by atoms with Crippen LogP contribution in [0, 0.1) is 0 Å². The maximum absolute atomic E-state index is 12.6. The Morgan fingerprint density at radius 2 is 2.00 bits per heavy atom.